The fourth-order valence-electron chi connectivity index (χ4n) is 1.95. The smallest absolute Gasteiger partial charge is 0.257 e. The van der Waals surface area contributed by atoms with E-state index in [1.54, 1.807) is 19.2 Å². The molecule has 0 radical (unpaired) electrons. The molecule has 0 atom stereocenters. The van der Waals surface area contributed by atoms with Crippen LogP contribution in [0.4, 0.5) is 15.8 Å². The highest BCUT2D eigenvalue weighted by molar-refractivity contribution is 6.08. The number of aryl methyl sites for hydroxylation is 1. The first-order valence-electron chi connectivity index (χ1n) is 6.34. The van der Waals surface area contributed by atoms with Gasteiger partial charge in [0, 0.05) is 18.4 Å². The van der Waals surface area contributed by atoms with Crippen LogP contribution in [0.1, 0.15) is 21.5 Å². The zero-order valence-corrected chi connectivity index (χ0v) is 11.7. The van der Waals surface area contributed by atoms with Gasteiger partial charge in [0.25, 0.3) is 5.91 Å². The predicted octanol–water partition coefficient (Wildman–Crippen LogP) is 3.30. The summed E-state index contributed by atoms with van der Waals surface area (Å²) in [5, 5.41) is 14.4. The van der Waals surface area contributed by atoms with Crippen LogP contribution in [-0.2, 0) is 0 Å². The third-order valence-electron chi connectivity index (χ3n) is 3.03. The monoisotopic (exact) mass is 283 g/mol. The Morgan fingerprint density at radius 2 is 2.00 bits per heavy atom. The van der Waals surface area contributed by atoms with Crippen molar-refractivity contribution in [1.29, 1.82) is 5.26 Å². The summed E-state index contributed by atoms with van der Waals surface area (Å²) in [5.74, 6) is -0.930. The van der Waals surface area contributed by atoms with Gasteiger partial charge >= 0.3 is 0 Å². The lowest BCUT2D eigenvalue weighted by atomic mass is 10.1. The number of anilines is 2. The Kier molecular flexibility index (Phi) is 4.19. The molecular formula is C16H14FN3O. The Labute approximate surface area is 122 Å². The van der Waals surface area contributed by atoms with E-state index < -0.39 is 5.82 Å². The second-order valence-corrected chi connectivity index (χ2v) is 4.56. The van der Waals surface area contributed by atoms with E-state index in [-0.39, 0.29) is 11.5 Å². The number of nitrogens with one attached hydrogen (secondary N) is 2. The molecule has 106 valence electrons. The van der Waals surface area contributed by atoms with E-state index in [0.717, 1.165) is 11.6 Å². The van der Waals surface area contributed by atoms with E-state index in [0.29, 0.717) is 16.9 Å². The van der Waals surface area contributed by atoms with E-state index in [1.807, 2.05) is 19.1 Å². The lowest BCUT2D eigenvalue weighted by Crippen LogP contribution is -2.14. The summed E-state index contributed by atoms with van der Waals surface area (Å²) in [7, 11) is 1.73. The zero-order chi connectivity index (χ0) is 15.4. The van der Waals surface area contributed by atoms with Crippen molar-refractivity contribution in [3.63, 3.8) is 0 Å². The molecule has 2 aromatic rings. The van der Waals surface area contributed by atoms with Gasteiger partial charge in [-0.15, -0.1) is 0 Å². The molecule has 0 aliphatic carbocycles. The maximum atomic E-state index is 13.3. The standard InChI is InChI=1S/C16H14FN3O/c1-10-3-6-15(19-2)13(7-10)16(21)20-12-4-5-14(17)11(8-12)9-18/h3-8,19H,1-2H3,(H,20,21). The van der Waals surface area contributed by atoms with Crippen LogP contribution in [0.25, 0.3) is 0 Å². The third kappa shape index (κ3) is 3.18. The normalized spacial score (nSPS) is 9.81. The third-order valence-corrected chi connectivity index (χ3v) is 3.03. The molecule has 4 nitrogen and oxygen atoms in total. The first-order chi connectivity index (χ1) is 10.0. The molecule has 2 rings (SSSR count). The molecule has 0 aliphatic heterocycles. The first-order valence-corrected chi connectivity index (χ1v) is 6.34. The van der Waals surface area contributed by atoms with Gasteiger partial charge < -0.3 is 10.6 Å². The molecule has 0 spiro atoms. The molecule has 2 N–H and O–H groups in total. The van der Waals surface area contributed by atoms with Crippen molar-refractivity contribution in [2.75, 3.05) is 17.7 Å². The van der Waals surface area contributed by atoms with Gasteiger partial charge in [0.15, 0.2) is 0 Å². The summed E-state index contributed by atoms with van der Waals surface area (Å²) in [6.45, 7) is 1.89. The van der Waals surface area contributed by atoms with Gasteiger partial charge in [0.05, 0.1) is 11.1 Å². The summed E-state index contributed by atoms with van der Waals surface area (Å²) >= 11 is 0. The number of rotatable bonds is 3. The molecule has 1 amide bonds. The minimum Gasteiger partial charge on any atom is -0.387 e. The largest absolute Gasteiger partial charge is 0.387 e. The van der Waals surface area contributed by atoms with Gasteiger partial charge in [-0.25, -0.2) is 4.39 Å². The summed E-state index contributed by atoms with van der Waals surface area (Å²) in [6, 6.07) is 11.1. The Bertz CT molecular complexity index is 735. The van der Waals surface area contributed by atoms with Crippen LogP contribution in [0.2, 0.25) is 0 Å². The molecule has 0 unspecified atom stereocenters. The molecular weight excluding hydrogens is 269 g/mol. The Morgan fingerprint density at radius 3 is 2.67 bits per heavy atom. The molecule has 0 bridgehead atoms. The molecule has 21 heavy (non-hydrogen) atoms. The van der Waals surface area contributed by atoms with Crippen molar-refractivity contribution in [1.82, 2.24) is 0 Å². The number of benzene rings is 2. The fourth-order valence-corrected chi connectivity index (χ4v) is 1.95. The Morgan fingerprint density at radius 1 is 1.24 bits per heavy atom. The van der Waals surface area contributed by atoms with Crippen LogP contribution in [0.15, 0.2) is 36.4 Å². The number of hydrogen-bond donors (Lipinski definition) is 2. The molecule has 0 aliphatic rings. The minimum absolute atomic E-state index is 0.106. The number of amides is 1. The molecule has 2 aromatic carbocycles. The van der Waals surface area contributed by atoms with Gasteiger partial charge in [-0.3, -0.25) is 4.79 Å². The number of carbonyl (C=O) groups is 1. The summed E-state index contributed by atoms with van der Waals surface area (Å²) in [5.41, 5.74) is 2.41. The van der Waals surface area contributed by atoms with E-state index in [9.17, 15) is 9.18 Å². The highest BCUT2D eigenvalue weighted by Crippen LogP contribution is 2.20. The molecule has 0 saturated carbocycles. The minimum atomic E-state index is -0.609. The summed E-state index contributed by atoms with van der Waals surface area (Å²) in [4.78, 5) is 12.3. The van der Waals surface area contributed by atoms with Crippen LogP contribution in [-0.4, -0.2) is 13.0 Å². The van der Waals surface area contributed by atoms with Crippen LogP contribution in [0, 0.1) is 24.1 Å². The Balaban J connectivity index is 2.30. The van der Waals surface area contributed by atoms with E-state index in [4.69, 9.17) is 5.26 Å². The van der Waals surface area contributed by atoms with Crippen LogP contribution < -0.4 is 10.6 Å². The second kappa shape index (κ2) is 6.06. The van der Waals surface area contributed by atoms with Gasteiger partial charge in [0.2, 0.25) is 0 Å². The molecule has 0 heterocycles. The lowest BCUT2D eigenvalue weighted by molar-refractivity contribution is 0.102. The number of nitriles is 1. The van der Waals surface area contributed by atoms with Crippen molar-refractivity contribution in [2.45, 2.75) is 6.92 Å². The average molecular weight is 283 g/mol. The maximum Gasteiger partial charge on any atom is 0.257 e. The van der Waals surface area contributed by atoms with Crippen LogP contribution in [0.5, 0.6) is 0 Å². The van der Waals surface area contributed by atoms with Gasteiger partial charge in [-0.2, -0.15) is 5.26 Å². The summed E-state index contributed by atoms with van der Waals surface area (Å²) < 4.78 is 13.3. The first kappa shape index (κ1) is 14.5. The zero-order valence-electron chi connectivity index (χ0n) is 11.7. The van der Waals surface area contributed by atoms with Crippen molar-refractivity contribution >= 4 is 17.3 Å². The van der Waals surface area contributed by atoms with Crippen molar-refractivity contribution < 1.29 is 9.18 Å². The molecule has 0 aromatic heterocycles. The van der Waals surface area contributed by atoms with Gasteiger partial charge in [0.1, 0.15) is 11.9 Å². The maximum absolute atomic E-state index is 13.3. The molecule has 5 heteroatoms. The topological polar surface area (TPSA) is 64.9 Å². The SMILES string of the molecule is CNc1ccc(C)cc1C(=O)Nc1ccc(F)c(C#N)c1. The summed E-state index contributed by atoms with van der Waals surface area (Å²) in [6.07, 6.45) is 0. The fraction of sp³-hybridized carbons (Fsp3) is 0.125. The lowest BCUT2D eigenvalue weighted by Gasteiger charge is -2.11. The van der Waals surface area contributed by atoms with E-state index >= 15 is 0 Å². The van der Waals surface area contributed by atoms with Crippen LogP contribution in [0.3, 0.4) is 0 Å². The number of halogens is 1. The quantitative estimate of drug-likeness (QED) is 0.908. The van der Waals surface area contributed by atoms with Gasteiger partial charge in [-0.05, 0) is 37.3 Å². The van der Waals surface area contributed by atoms with E-state index in [1.165, 1.54) is 12.1 Å². The van der Waals surface area contributed by atoms with Crippen molar-refractivity contribution in [3.8, 4) is 6.07 Å². The number of nitrogens with zero attached hydrogens (tertiary/aromatic N) is 1. The number of carbonyl (C=O) groups excluding carboxylic acids is 1. The molecule has 0 saturated heterocycles. The van der Waals surface area contributed by atoms with E-state index in [2.05, 4.69) is 10.6 Å². The second-order valence-electron chi connectivity index (χ2n) is 4.56. The van der Waals surface area contributed by atoms with Gasteiger partial charge in [-0.1, -0.05) is 11.6 Å². The van der Waals surface area contributed by atoms with Crippen LogP contribution >= 0.6 is 0 Å². The Hall–Kier alpha value is -2.87. The predicted molar refractivity (Wildman–Crippen MR) is 79.8 cm³/mol. The van der Waals surface area contributed by atoms with Crippen molar-refractivity contribution in [2.24, 2.45) is 0 Å². The number of hydrogen-bond acceptors (Lipinski definition) is 3. The highest BCUT2D eigenvalue weighted by atomic mass is 19.1. The van der Waals surface area contributed by atoms with Crippen molar-refractivity contribution in [3.05, 3.63) is 58.9 Å². The molecule has 0 fully saturated rings. The average Bonchev–Trinajstić information content (AvgIpc) is 2.49. The highest BCUT2D eigenvalue weighted by Gasteiger charge is 2.12.